The summed E-state index contributed by atoms with van der Waals surface area (Å²) < 4.78 is 39.7. The Hall–Kier alpha value is -2.77. The van der Waals surface area contributed by atoms with Crippen LogP contribution < -0.4 is 0 Å². The quantitative estimate of drug-likeness (QED) is 0.678. The molecule has 0 N–H and O–H groups in total. The third kappa shape index (κ3) is 2.57. The Balaban J connectivity index is 1.85. The molecule has 5 nitrogen and oxygen atoms in total. The van der Waals surface area contributed by atoms with Crippen LogP contribution in [-0.2, 0) is 12.6 Å². The summed E-state index contributed by atoms with van der Waals surface area (Å²) in [6, 6.07) is 7.70. The fraction of sp³-hybridized carbons (Fsp3) is 0.294. The van der Waals surface area contributed by atoms with E-state index in [1.807, 2.05) is 31.2 Å². The molecular weight excluding hydrogens is 333 g/mol. The minimum absolute atomic E-state index is 0.106. The van der Waals surface area contributed by atoms with Crippen molar-refractivity contribution in [2.75, 3.05) is 0 Å². The Morgan fingerprint density at radius 2 is 1.96 bits per heavy atom. The Morgan fingerprint density at radius 3 is 2.68 bits per heavy atom. The van der Waals surface area contributed by atoms with Crippen LogP contribution in [0.4, 0.5) is 13.2 Å². The smallest absolute Gasteiger partial charge is 0.294 e. The molecule has 0 fully saturated rings. The van der Waals surface area contributed by atoms with E-state index in [2.05, 4.69) is 15.1 Å². The molecule has 3 aromatic rings. The molecule has 25 heavy (non-hydrogen) atoms. The lowest BCUT2D eigenvalue weighted by molar-refractivity contribution is -0.144. The summed E-state index contributed by atoms with van der Waals surface area (Å²) in [6.45, 7) is 1.95. The number of aromatic nitrogens is 4. The molecule has 1 aromatic carbocycles. The first-order valence-electron chi connectivity index (χ1n) is 7.75. The third-order valence-corrected chi connectivity index (χ3v) is 4.52. The predicted molar refractivity (Wildman–Crippen MR) is 82.4 cm³/mol. The number of carbonyl (C=O) groups is 1. The maximum atomic E-state index is 12.9. The zero-order valence-corrected chi connectivity index (χ0v) is 13.2. The van der Waals surface area contributed by atoms with Crippen LogP contribution >= 0.6 is 0 Å². The molecule has 1 aliphatic carbocycles. The van der Waals surface area contributed by atoms with Crippen LogP contribution in [0.15, 0.2) is 30.5 Å². The number of aryl methyl sites for hydroxylation is 1. The number of halogens is 3. The van der Waals surface area contributed by atoms with Gasteiger partial charge in [0.15, 0.2) is 5.78 Å². The first-order valence-corrected chi connectivity index (χ1v) is 7.75. The maximum absolute atomic E-state index is 12.9. The number of nitrogens with zero attached hydrogens (tertiary/aromatic N) is 4. The van der Waals surface area contributed by atoms with Crippen molar-refractivity contribution in [2.24, 2.45) is 0 Å². The highest BCUT2D eigenvalue weighted by atomic mass is 19.4. The highest BCUT2D eigenvalue weighted by Gasteiger charge is 2.38. The Labute approximate surface area is 140 Å². The van der Waals surface area contributed by atoms with Gasteiger partial charge in [-0.1, -0.05) is 24.3 Å². The fourth-order valence-corrected chi connectivity index (χ4v) is 3.33. The average Bonchev–Trinajstić information content (AvgIpc) is 3.00. The van der Waals surface area contributed by atoms with Crippen LogP contribution in [0.2, 0.25) is 0 Å². The van der Waals surface area contributed by atoms with Crippen LogP contribution in [0.25, 0.3) is 5.78 Å². The summed E-state index contributed by atoms with van der Waals surface area (Å²) in [4.78, 5) is 19.8. The molecule has 0 saturated carbocycles. The van der Waals surface area contributed by atoms with Gasteiger partial charge in [0, 0.05) is 12.6 Å². The molecule has 4 rings (SSSR count). The molecule has 1 unspecified atom stereocenters. The molecule has 8 heteroatoms. The van der Waals surface area contributed by atoms with E-state index in [4.69, 9.17) is 0 Å². The van der Waals surface area contributed by atoms with Crippen molar-refractivity contribution in [1.82, 2.24) is 19.6 Å². The first-order chi connectivity index (χ1) is 11.8. The largest absolute Gasteiger partial charge is 0.453 e. The topological polar surface area (TPSA) is 60.2 Å². The van der Waals surface area contributed by atoms with Gasteiger partial charge in [-0.3, -0.25) is 4.79 Å². The van der Waals surface area contributed by atoms with Gasteiger partial charge < -0.3 is 0 Å². The summed E-state index contributed by atoms with van der Waals surface area (Å²) in [5.41, 5.74) is 2.81. The van der Waals surface area contributed by atoms with Crippen LogP contribution in [0.5, 0.6) is 0 Å². The second-order valence-corrected chi connectivity index (χ2v) is 6.15. The molecule has 1 atom stereocenters. The highest BCUT2D eigenvalue weighted by molar-refractivity contribution is 5.98. The Kier molecular flexibility index (Phi) is 3.38. The van der Waals surface area contributed by atoms with E-state index in [1.54, 1.807) is 0 Å². The standard InChI is InChI=1S/C17H13F3N4O/c1-9-4-2-3-5-11(9)10-6-13-12(14(25)7-10)8-21-16-22-15(17(18,19)20)23-24(13)16/h2-5,8,10H,6-7H2,1H3. The molecule has 0 saturated heterocycles. The number of ketones is 1. The lowest BCUT2D eigenvalue weighted by atomic mass is 9.80. The van der Waals surface area contributed by atoms with E-state index in [0.717, 1.165) is 15.6 Å². The number of fused-ring (bicyclic) bond motifs is 3. The lowest BCUT2D eigenvalue weighted by Gasteiger charge is -2.25. The van der Waals surface area contributed by atoms with Crippen LogP contribution in [0.1, 0.15) is 45.3 Å². The number of rotatable bonds is 1. The maximum Gasteiger partial charge on any atom is 0.453 e. The van der Waals surface area contributed by atoms with Gasteiger partial charge in [-0.05, 0) is 30.4 Å². The number of hydrogen-bond acceptors (Lipinski definition) is 4. The van der Waals surface area contributed by atoms with Crippen molar-refractivity contribution in [2.45, 2.75) is 31.9 Å². The number of hydrogen-bond donors (Lipinski definition) is 0. The molecular formula is C17H13F3N4O. The zero-order valence-electron chi connectivity index (χ0n) is 13.2. The molecule has 128 valence electrons. The molecule has 0 amide bonds. The van der Waals surface area contributed by atoms with E-state index >= 15 is 0 Å². The van der Waals surface area contributed by atoms with E-state index in [0.29, 0.717) is 24.1 Å². The Bertz CT molecular complexity index is 993. The van der Waals surface area contributed by atoms with Gasteiger partial charge in [0.2, 0.25) is 0 Å². The minimum atomic E-state index is -4.66. The average molecular weight is 346 g/mol. The van der Waals surface area contributed by atoms with Gasteiger partial charge in [0.25, 0.3) is 11.6 Å². The van der Waals surface area contributed by atoms with Crippen molar-refractivity contribution in [3.05, 3.63) is 58.7 Å². The van der Waals surface area contributed by atoms with Crippen molar-refractivity contribution >= 4 is 11.6 Å². The molecule has 0 radical (unpaired) electrons. The van der Waals surface area contributed by atoms with Crippen LogP contribution in [0.3, 0.4) is 0 Å². The van der Waals surface area contributed by atoms with Crippen molar-refractivity contribution in [3.63, 3.8) is 0 Å². The Morgan fingerprint density at radius 1 is 1.20 bits per heavy atom. The number of benzene rings is 1. The van der Waals surface area contributed by atoms with E-state index < -0.39 is 12.0 Å². The SMILES string of the molecule is Cc1ccccc1C1CC(=O)c2cnc3nc(C(F)(F)F)nn3c2C1. The summed E-state index contributed by atoms with van der Waals surface area (Å²) in [6.07, 6.45) is -2.65. The summed E-state index contributed by atoms with van der Waals surface area (Å²) >= 11 is 0. The van der Waals surface area contributed by atoms with Gasteiger partial charge in [0.05, 0.1) is 11.3 Å². The fourth-order valence-electron chi connectivity index (χ4n) is 3.33. The molecule has 0 spiro atoms. The summed E-state index contributed by atoms with van der Waals surface area (Å²) in [5, 5.41) is 3.55. The van der Waals surface area contributed by atoms with Gasteiger partial charge in [-0.15, -0.1) is 5.10 Å². The normalized spacial score (nSPS) is 17.8. The summed E-state index contributed by atoms with van der Waals surface area (Å²) in [5.74, 6) is -1.65. The van der Waals surface area contributed by atoms with Gasteiger partial charge in [-0.2, -0.15) is 18.2 Å². The van der Waals surface area contributed by atoms with Crippen molar-refractivity contribution in [3.8, 4) is 0 Å². The predicted octanol–water partition coefficient (Wildman–Crippen LogP) is 3.36. The third-order valence-electron chi connectivity index (χ3n) is 4.52. The molecule has 1 aliphatic rings. The monoisotopic (exact) mass is 346 g/mol. The second kappa shape index (κ2) is 5.37. The lowest BCUT2D eigenvalue weighted by Crippen LogP contribution is -2.23. The molecule has 2 heterocycles. The molecule has 2 aromatic heterocycles. The van der Waals surface area contributed by atoms with E-state index in [9.17, 15) is 18.0 Å². The molecule has 0 aliphatic heterocycles. The van der Waals surface area contributed by atoms with E-state index in [1.165, 1.54) is 6.20 Å². The van der Waals surface area contributed by atoms with Crippen molar-refractivity contribution in [1.29, 1.82) is 0 Å². The number of alkyl halides is 3. The van der Waals surface area contributed by atoms with Crippen LogP contribution in [0, 0.1) is 6.92 Å². The highest BCUT2D eigenvalue weighted by Crippen LogP contribution is 2.34. The van der Waals surface area contributed by atoms with Crippen molar-refractivity contribution < 1.29 is 18.0 Å². The zero-order chi connectivity index (χ0) is 17.8. The first kappa shape index (κ1) is 15.7. The van der Waals surface area contributed by atoms with E-state index in [-0.39, 0.29) is 17.5 Å². The van der Waals surface area contributed by atoms with Crippen LogP contribution in [-0.4, -0.2) is 25.4 Å². The minimum Gasteiger partial charge on any atom is -0.294 e. The second-order valence-electron chi connectivity index (χ2n) is 6.15. The number of Topliss-reactive ketones (excluding diaryl/α,β-unsaturated/α-hetero) is 1. The summed E-state index contributed by atoms with van der Waals surface area (Å²) in [7, 11) is 0. The number of carbonyl (C=O) groups excluding carboxylic acids is 1. The molecule has 0 bridgehead atoms. The van der Waals surface area contributed by atoms with Gasteiger partial charge >= 0.3 is 6.18 Å². The van der Waals surface area contributed by atoms with Gasteiger partial charge in [-0.25, -0.2) is 9.50 Å². The van der Waals surface area contributed by atoms with Gasteiger partial charge in [0.1, 0.15) is 0 Å².